The van der Waals surface area contributed by atoms with Crippen molar-refractivity contribution < 1.29 is 13.9 Å². The Morgan fingerprint density at radius 2 is 2.00 bits per heavy atom. The zero-order valence-electron chi connectivity index (χ0n) is 12.1. The molecule has 0 spiro atoms. The highest BCUT2D eigenvalue weighted by atomic mass is 16.5. The molecular weight excluding hydrogens is 284 g/mol. The van der Waals surface area contributed by atoms with Crippen molar-refractivity contribution in [2.45, 2.75) is 0 Å². The van der Waals surface area contributed by atoms with E-state index in [0.717, 1.165) is 5.52 Å². The average Bonchev–Trinajstić information content (AvgIpc) is 2.96. The van der Waals surface area contributed by atoms with Crippen molar-refractivity contribution in [3.05, 3.63) is 42.2 Å². The number of carbonyl (C=O) groups excluding carboxylic acids is 1. The van der Waals surface area contributed by atoms with Gasteiger partial charge in [-0.2, -0.15) is 4.98 Å². The van der Waals surface area contributed by atoms with Gasteiger partial charge >= 0.3 is 0 Å². The molecular formula is C15H14N4O3. The van der Waals surface area contributed by atoms with Gasteiger partial charge in [0.1, 0.15) is 22.7 Å². The van der Waals surface area contributed by atoms with Gasteiger partial charge in [-0.15, -0.1) is 0 Å². The number of pyridine rings is 1. The van der Waals surface area contributed by atoms with Gasteiger partial charge in [0.05, 0.1) is 0 Å². The number of anilines is 1. The van der Waals surface area contributed by atoms with Crippen molar-refractivity contribution in [2.75, 3.05) is 19.4 Å². The molecule has 0 radical (unpaired) electrons. The SMILES string of the molecule is CNC(=O)c1cc(Oc2ccc3nc(NC)oc3c2)ccn1. The number of nitrogens with zero attached hydrogens (tertiary/aromatic N) is 2. The van der Waals surface area contributed by atoms with Crippen LogP contribution in [0.4, 0.5) is 6.01 Å². The Kier molecular flexibility index (Phi) is 3.61. The van der Waals surface area contributed by atoms with Crippen LogP contribution in [0.1, 0.15) is 10.5 Å². The molecule has 7 heteroatoms. The Morgan fingerprint density at radius 1 is 1.18 bits per heavy atom. The van der Waals surface area contributed by atoms with E-state index in [9.17, 15) is 4.79 Å². The predicted octanol–water partition coefficient (Wildman–Crippen LogP) is 2.42. The summed E-state index contributed by atoms with van der Waals surface area (Å²) in [7, 11) is 3.29. The van der Waals surface area contributed by atoms with Gasteiger partial charge < -0.3 is 19.8 Å². The number of nitrogens with one attached hydrogen (secondary N) is 2. The number of benzene rings is 1. The van der Waals surface area contributed by atoms with E-state index in [1.807, 2.05) is 0 Å². The molecule has 0 fully saturated rings. The highest BCUT2D eigenvalue weighted by molar-refractivity contribution is 5.92. The quantitative estimate of drug-likeness (QED) is 0.769. The minimum Gasteiger partial charge on any atom is -0.457 e. The summed E-state index contributed by atoms with van der Waals surface area (Å²) < 4.78 is 11.2. The summed E-state index contributed by atoms with van der Waals surface area (Å²) in [5, 5.41) is 5.36. The molecule has 22 heavy (non-hydrogen) atoms. The average molecular weight is 298 g/mol. The molecule has 2 heterocycles. The number of hydrogen-bond donors (Lipinski definition) is 2. The molecule has 2 N–H and O–H groups in total. The summed E-state index contributed by atoms with van der Waals surface area (Å²) in [6, 6.07) is 9.01. The van der Waals surface area contributed by atoms with Crippen LogP contribution in [-0.2, 0) is 0 Å². The lowest BCUT2D eigenvalue weighted by Gasteiger charge is -2.06. The number of carbonyl (C=O) groups is 1. The topological polar surface area (TPSA) is 89.3 Å². The van der Waals surface area contributed by atoms with Gasteiger partial charge in [0.25, 0.3) is 11.9 Å². The molecule has 0 aliphatic heterocycles. The fraction of sp³-hybridized carbons (Fsp3) is 0.133. The summed E-state index contributed by atoms with van der Waals surface area (Å²) in [6.45, 7) is 0. The maximum atomic E-state index is 11.6. The van der Waals surface area contributed by atoms with Crippen LogP contribution in [0, 0.1) is 0 Å². The monoisotopic (exact) mass is 298 g/mol. The van der Waals surface area contributed by atoms with E-state index in [2.05, 4.69) is 20.6 Å². The summed E-state index contributed by atoms with van der Waals surface area (Å²) in [6.07, 6.45) is 1.52. The summed E-state index contributed by atoms with van der Waals surface area (Å²) >= 11 is 0. The normalized spacial score (nSPS) is 10.5. The molecule has 0 aliphatic rings. The molecule has 0 unspecified atom stereocenters. The molecule has 3 aromatic rings. The molecule has 7 nitrogen and oxygen atoms in total. The zero-order chi connectivity index (χ0) is 15.5. The first-order chi connectivity index (χ1) is 10.7. The smallest absolute Gasteiger partial charge is 0.295 e. The fourth-order valence-electron chi connectivity index (χ4n) is 1.94. The van der Waals surface area contributed by atoms with Crippen molar-refractivity contribution in [3.63, 3.8) is 0 Å². The third-order valence-electron chi connectivity index (χ3n) is 3.00. The van der Waals surface area contributed by atoms with Crippen molar-refractivity contribution in [2.24, 2.45) is 0 Å². The van der Waals surface area contributed by atoms with Gasteiger partial charge in [0, 0.05) is 32.4 Å². The Labute approximate surface area is 126 Å². The third-order valence-corrected chi connectivity index (χ3v) is 3.00. The van der Waals surface area contributed by atoms with Gasteiger partial charge in [-0.05, 0) is 18.2 Å². The number of rotatable bonds is 4. The van der Waals surface area contributed by atoms with Gasteiger partial charge in [0.15, 0.2) is 5.58 Å². The first kappa shape index (κ1) is 13.9. The van der Waals surface area contributed by atoms with E-state index in [4.69, 9.17) is 9.15 Å². The fourth-order valence-corrected chi connectivity index (χ4v) is 1.94. The number of ether oxygens (including phenoxy) is 1. The van der Waals surface area contributed by atoms with E-state index in [0.29, 0.717) is 28.8 Å². The van der Waals surface area contributed by atoms with Crippen LogP contribution in [-0.4, -0.2) is 30.0 Å². The second-order valence-electron chi connectivity index (χ2n) is 4.46. The number of aromatic nitrogens is 2. The van der Waals surface area contributed by atoms with E-state index in [1.165, 1.54) is 6.20 Å². The van der Waals surface area contributed by atoms with Crippen LogP contribution in [0.3, 0.4) is 0 Å². The largest absolute Gasteiger partial charge is 0.457 e. The third kappa shape index (κ3) is 2.69. The van der Waals surface area contributed by atoms with E-state index < -0.39 is 0 Å². The first-order valence-corrected chi connectivity index (χ1v) is 6.64. The van der Waals surface area contributed by atoms with E-state index in [-0.39, 0.29) is 5.91 Å². The molecule has 1 amide bonds. The number of hydrogen-bond acceptors (Lipinski definition) is 6. The van der Waals surface area contributed by atoms with Crippen LogP contribution in [0.15, 0.2) is 40.9 Å². The lowest BCUT2D eigenvalue weighted by molar-refractivity contribution is 0.0958. The second kappa shape index (κ2) is 5.72. The molecule has 0 saturated heterocycles. The number of fused-ring (bicyclic) bond motifs is 1. The molecule has 112 valence electrons. The maximum absolute atomic E-state index is 11.6. The number of oxazole rings is 1. The maximum Gasteiger partial charge on any atom is 0.295 e. The van der Waals surface area contributed by atoms with Gasteiger partial charge in [-0.25, -0.2) is 0 Å². The standard InChI is InChI=1S/C15H14N4O3/c1-16-14(20)12-7-10(5-6-18-12)21-9-3-4-11-13(8-9)22-15(17-2)19-11/h3-8H,1-2H3,(H,16,20)(H,17,19). The van der Waals surface area contributed by atoms with Crippen molar-refractivity contribution in [3.8, 4) is 11.5 Å². The van der Waals surface area contributed by atoms with Crippen molar-refractivity contribution in [1.82, 2.24) is 15.3 Å². The molecule has 1 aromatic carbocycles. The molecule has 0 saturated carbocycles. The van der Waals surface area contributed by atoms with Crippen LogP contribution < -0.4 is 15.4 Å². The van der Waals surface area contributed by atoms with Crippen LogP contribution in [0.5, 0.6) is 11.5 Å². The predicted molar refractivity (Wildman–Crippen MR) is 81.3 cm³/mol. The van der Waals surface area contributed by atoms with E-state index in [1.54, 1.807) is 44.4 Å². The van der Waals surface area contributed by atoms with Gasteiger partial charge in [0.2, 0.25) is 0 Å². The minimum absolute atomic E-state index is 0.269. The van der Waals surface area contributed by atoms with Gasteiger partial charge in [-0.1, -0.05) is 0 Å². The Balaban J connectivity index is 1.87. The van der Waals surface area contributed by atoms with E-state index >= 15 is 0 Å². The Morgan fingerprint density at radius 3 is 2.77 bits per heavy atom. The molecule has 0 aliphatic carbocycles. The van der Waals surface area contributed by atoms with Crippen molar-refractivity contribution >= 4 is 23.0 Å². The highest BCUT2D eigenvalue weighted by Gasteiger charge is 2.09. The van der Waals surface area contributed by atoms with Crippen LogP contribution in [0.25, 0.3) is 11.1 Å². The lowest BCUT2D eigenvalue weighted by atomic mass is 10.3. The minimum atomic E-state index is -0.269. The van der Waals surface area contributed by atoms with Crippen molar-refractivity contribution in [1.29, 1.82) is 0 Å². The Hall–Kier alpha value is -3.09. The number of amides is 1. The zero-order valence-corrected chi connectivity index (χ0v) is 12.1. The summed E-state index contributed by atoms with van der Waals surface area (Å²) in [5.41, 5.74) is 1.64. The second-order valence-corrected chi connectivity index (χ2v) is 4.46. The highest BCUT2D eigenvalue weighted by Crippen LogP contribution is 2.27. The summed E-state index contributed by atoms with van der Waals surface area (Å²) in [5.74, 6) is 0.830. The molecule has 2 aromatic heterocycles. The Bertz CT molecular complexity index is 829. The van der Waals surface area contributed by atoms with Crippen LogP contribution in [0.2, 0.25) is 0 Å². The lowest BCUT2D eigenvalue weighted by Crippen LogP contribution is -2.18. The first-order valence-electron chi connectivity index (χ1n) is 6.64. The molecule has 3 rings (SSSR count). The molecule has 0 atom stereocenters. The summed E-state index contributed by atoms with van der Waals surface area (Å²) in [4.78, 5) is 19.8. The van der Waals surface area contributed by atoms with Gasteiger partial charge in [-0.3, -0.25) is 9.78 Å². The molecule has 0 bridgehead atoms. The van der Waals surface area contributed by atoms with Crippen LogP contribution >= 0.6 is 0 Å².